The van der Waals surface area contributed by atoms with E-state index in [0.717, 1.165) is 50.6 Å². The van der Waals surface area contributed by atoms with Gasteiger partial charge in [0.15, 0.2) is 0 Å². The monoisotopic (exact) mass is 420 g/mol. The first-order chi connectivity index (χ1) is 15.3. The van der Waals surface area contributed by atoms with Gasteiger partial charge in [-0.15, -0.1) is 0 Å². The summed E-state index contributed by atoms with van der Waals surface area (Å²) in [6.07, 6.45) is 4.55. The number of para-hydroxylation sites is 1. The predicted molar refractivity (Wildman–Crippen MR) is 122 cm³/mol. The third-order valence-corrected chi connectivity index (χ3v) is 5.88. The van der Waals surface area contributed by atoms with Crippen LogP contribution in [0.4, 0.5) is 0 Å². The van der Waals surface area contributed by atoms with E-state index in [2.05, 4.69) is 51.3 Å². The van der Waals surface area contributed by atoms with E-state index in [4.69, 9.17) is 4.74 Å². The lowest BCUT2D eigenvalue weighted by molar-refractivity contribution is 0.0494. The van der Waals surface area contributed by atoms with Crippen molar-refractivity contribution in [2.45, 2.75) is 32.5 Å². The highest BCUT2D eigenvalue weighted by atomic mass is 16.5. The van der Waals surface area contributed by atoms with Crippen molar-refractivity contribution in [2.24, 2.45) is 0 Å². The Balaban J connectivity index is 1.42. The van der Waals surface area contributed by atoms with Crippen molar-refractivity contribution in [3.63, 3.8) is 0 Å². The number of aromatic nitrogens is 2. The van der Waals surface area contributed by atoms with Crippen molar-refractivity contribution in [2.75, 3.05) is 32.8 Å². The topological polar surface area (TPSA) is 53.8 Å². The van der Waals surface area contributed by atoms with Crippen molar-refractivity contribution < 1.29 is 9.84 Å². The molecule has 1 atom stereocenters. The van der Waals surface area contributed by atoms with Crippen LogP contribution >= 0.6 is 0 Å². The Labute approximate surface area is 184 Å². The number of nitrogens with zero attached hydrogens (tertiary/aromatic N) is 4. The zero-order valence-electron chi connectivity index (χ0n) is 18.2. The molecule has 2 aromatic carbocycles. The summed E-state index contributed by atoms with van der Waals surface area (Å²) >= 11 is 0. The summed E-state index contributed by atoms with van der Waals surface area (Å²) in [7, 11) is 0. The maximum absolute atomic E-state index is 9.68. The molecule has 6 nitrogen and oxygen atoms in total. The summed E-state index contributed by atoms with van der Waals surface area (Å²) in [4.78, 5) is 4.98. The minimum atomic E-state index is 0.205. The molecule has 1 aliphatic heterocycles. The van der Waals surface area contributed by atoms with E-state index in [-0.39, 0.29) is 6.61 Å². The average Bonchev–Trinajstić information content (AvgIpc) is 3.33. The summed E-state index contributed by atoms with van der Waals surface area (Å²) in [6.45, 7) is 7.58. The lowest BCUT2D eigenvalue weighted by Gasteiger charge is -2.41. The second kappa shape index (κ2) is 10.6. The number of aliphatic hydroxyl groups is 1. The zero-order valence-corrected chi connectivity index (χ0v) is 18.2. The summed E-state index contributed by atoms with van der Waals surface area (Å²) in [6, 6.07) is 19.1. The summed E-state index contributed by atoms with van der Waals surface area (Å²) in [5.41, 5.74) is 3.58. The van der Waals surface area contributed by atoms with Gasteiger partial charge in [0.1, 0.15) is 5.75 Å². The molecule has 0 saturated carbocycles. The molecular formula is C25H32N4O2. The van der Waals surface area contributed by atoms with Crippen LogP contribution in [0.1, 0.15) is 24.5 Å². The molecule has 0 radical (unpaired) electrons. The molecule has 0 aliphatic carbocycles. The maximum atomic E-state index is 9.68. The molecule has 4 rings (SSSR count). The molecule has 0 bridgehead atoms. The van der Waals surface area contributed by atoms with Crippen molar-refractivity contribution in [3.8, 4) is 11.4 Å². The number of hydrogen-bond acceptors (Lipinski definition) is 5. The van der Waals surface area contributed by atoms with E-state index >= 15 is 0 Å². The van der Waals surface area contributed by atoms with Gasteiger partial charge >= 0.3 is 0 Å². The summed E-state index contributed by atoms with van der Waals surface area (Å²) in [5.74, 6) is 0.964. The minimum Gasteiger partial charge on any atom is -0.494 e. The highest BCUT2D eigenvalue weighted by Gasteiger charge is 2.27. The van der Waals surface area contributed by atoms with Crippen LogP contribution in [0, 0.1) is 0 Å². The summed E-state index contributed by atoms with van der Waals surface area (Å²) in [5, 5.41) is 14.0. The molecule has 1 aliphatic rings. The number of piperazine rings is 1. The fraction of sp³-hybridized carbons (Fsp3) is 0.400. The van der Waals surface area contributed by atoms with Crippen LogP contribution in [-0.2, 0) is 13.1 Å². The molecule has 0 amide bonds. The van der Waals surface area contributed by atoms with Crippen LogP contribution in [0.5, 0.6) is 5.75 Å². The fourth-order valence-corrected chi connectivity index (χ4v) is 4.36. The molecule has 1 aromatic heterocycles. The fourth-order valence-electron chi connectivity index (χ4n) is 4.36. The number of rotatable bonds is 9. The largest absolute Gasteiger partial charge is 0.494 e. The predicted octanol–water partition coefficient (Wildman–Crippen LogP) is 3.34. The van der Waals surface area contributed by atoms with Crippen molar-refractivity contribution in [1.29, 1.82) is 0 Å². The van der Waals surface area contributed by atoms with Gasteiger partial charge in [0.2, 0.25) is 0 Å². The molecule has 1 unspecified atom stereocenters. The number of ether oxygens (including phenoxy) is 1. The van der Waals surface area contributed by atoms with Gasteiger partial charge in [0.05, 0.1) is 12.3 Å². The molecule has 3 aromatic rings. The van der Waals surface area contributed by atoms with Gasteiger partial charge in [-0.1, -0.05) is 30.3 Å². The van der Waals surface area contributed by atoms with Gasteiger partial charge in [-0.2, -0.15) is 5.10 Å². The van der Waals surface area contributed by atoms with Crippen molar-refractivity contribution >= 4 is 0 Å². The first-order valence-electron chi connectivity index (χ1n) is 11.1. The Hall–Kier alpha value is -2.67. The van der Waals surface area contributed by atoms with E-state index in [1.54, 1.807) is 6.20 Å². The lowest BCUT2D eigenvalue weighted by atomic mass is 10.1. The van der Waals surface area contributed by atoms with Crippen LogP contribution in [-0.4, -0.2) is 63.6 Å². The van der Waals surface area contributed by atoms with Crippen LogP contribution in [0.15, 0.2) is 67.0 Å². The van der Waals surface area contributed by atoms with Crippen molar-refractivity contribution in [1.82, 2.24) is 19.6 Å². The molecule has 1 fully saturated rings. The van der Waals surface area contributed by atoms with Gasteiger partial charge in [-0.05, 0) is 43.2 Å². The second-order valence-electron chi connectivity index (χ2n) is 8.03. The van der Waals surface area contributed by atoms with Crippen molar-refractivity contribution in [3.05, 3.63) is 78.1 Å². The SMILES string of the molecule is CCOc1ccccc1CN1CCN(Cc2cccc(-n3cccn3)c2)CC1CCO. The molecule has 164 valence electrons. The molecule has 0 spiro atoms. The lowest BCUT2D eigenvalue weighted by Crippen LogP contribution is -2.52. The average molecular weight is 421 g/mol. The van der Waals surface area contributed by atoms with E-state index in [1.165, 1.54) is 11.1 Å². The Morgan fingerprint density at radius 1 is 1.06 bits per heavy atom. The van der Waals surface area contributed by atoms with Gasteiger partial charge in [-0.25, -0.2) is 4.68 Å². The van der Waals surface area contributed by atoms with E-state index in [9.17, 15) is 5.11 Å². The van der Waals surface area contributed by atoms with E-state index in [0.29, 0.717) is 12.6 Å². The quantitative estimate of drug-likeness (QED) is 0.575. The highest BCUT2D eigenvalue weighted by molar-refractivity contribution is 5.35. The smallest absolute Gasteiger partial charge is 0.123 e. The normalized spacial score (nSPS) is 17.7. The molecule has 31 heavy (non-hydrogen) atoms. The Bertz CT molecular complexity index is 944. The van der Waals surface area contributed by atoms with Crippen LogP contribution in [0.25, 0.3) is 5.69 Å². The molecular weight excluding hydrogens is 388 g/mol. The zero-order chi connectivity index (χ0) is 21.5. The first-order valence-corrected chi connectivity index (χ1v) is 11.1. The Morgan fingerprint density at radius 2 is 1.97 bits per heavy atom. The van der Waals surface area contributed by atoms with Gasteiger partial charge in [-0.3, -0.25) is 9.80 Å². The van der Waals surface area contributed by atoms with E-state index in [1.807, 2.05) is 36.0 Å². The van der Waals surface area contributed by atoms with Gasteiger partial charge < -0.3 is 9.84 Å². The van der Waals surface area contributed by atoms with Gasteiger partial charge in [0.25, 0.3) is 0 Å². The maximum Gasteiger partial charge on any atom is 0.123 e. The third-order valence-electron chi connectivity index (χ3n) is 5.88. The molecule has 1 N–H and O–H groups in total. The number of hydrogen-bond donors (Lipinski definition) is 1. The number of benzene rings is 2. The van der Waals surface area contributed by atoms with E-state index < -0.39 is 0 Å². The number of aliphatic hydroxyl groups excluding tert-OH is 1. The van der Waals surface area contributed by atoms with Crippen LogP contribution in [0.2, 0.25) is 0 Å². The van der Waals surface area contributed by atoms with Gasteiger partial charge in [0, 0.05) is 63.3 Å². The second-order valence-corrected chi connectivity index (χ2v) is 8.03. The molecule has 1 saturated heterocycles. The highest BCUT2D eigenvalue weighted by Crippen LogP contribution is 2.24. The minimum absolute atomic E-state index is 0.205. The third kappa shape index (κ3) is 5.53. The molecule has 2 heterocycles. The van der Waals surface area contributed by atoms with Crippen LogP contribution < -0.4 is 4.74 Å². The first kappa shape index (κ1) is 21.6. The summed E-state index contributed by atoms with van der Waals surface area (Å²) < 4.78 is 7.72. The molecule has 6 heteroatoms. The Morgan fingerprint density at radius 3 is 2.77 bits per heavy atom. The standard InChI is InChI=1S/C25H32N4O2/c1-2-31-25-10-4-3-8-22(25)19-28-15-14-27(20-24(28)11-16-30)18-21-7-5-9-23(17-21)29-13-6-12-26-29/h3-10,12-13,17,24,30H,2,11,14-16,18-20H2,1H3. The Kier molecular flexibility index (Phi) is 7.35. The van der Waals surface area contributed by atoms with Crippen LogP contribution in [0.3, 0.4) is 0 Å².